The van der Waals surface area contributed by atoms with Crippen molar-refractivity contribution in [3.8, 4) is 0 Å². The Morgan fingerprint density at radius 2 is 1.67 bits per heavy atom. The van der Waals surface area contributed by atoms with Crippen molar-refractivity contribution >= 4 is 5.78 Å². The van der Waals surface area contributed by atoms with Crippen LogP contribution in [0.25, 0.3) is 0 Å². The molecule has 0 aromatic carbocycles. The Balaban J connectivity index is 6.22. The summed E-state index contributed by atoms with van der Waals surface area (Å²) in [5, 5.41) is 55.7. The predicted octanol–water partition coefficient (Wildman–Crippen LogP) is 0.159. The average molecular weight is 264 g/mol. The minimum atomic E-state index is -3.63. The molecule has 0 saturated carbocycles. The van der Waals surface area contributed by atoms with Crippen LogP contribution >= 0.6 is 0 Å². The normalized spacial score (nSPS) is 13.6. The summed E-state index contributed by atoms with van der Waals surface area (Å²) in [5.74, 6) is -6.26. The van der Waals surface area contributed by atoms with Crippen molar-refractivity contribution in [1.29, 1.82) is 0 Å². The minimum Gasteiger partial charge on any atom is -0.739 e. The number of hydroxylamine groups is 3. The highest BCUT2D eigenvalue weighted by Crippen LogP contribution is 2.23. The third kappa shape index (κ3) is 2.10. The first-order valence-electron chi connectivity index (χ1n) is 4.28. The van der Waals surface area contributed by atoms with Gasteiger partial charge in [0.15, 0.2) is 0 Å². The Bertz CT molecular complexity index is 374. The molecule has 13 heteroatoms. The highest BCUT2D eigenvalue weighted by molar-refractivity contribution is 5.86. The van der Waals surface area contributed by atoms with E-state index in [9.17, 15) is 30.5 Å². The first-order valence-corrected chi connectivity index (χ1v) is 4.28. The lowest BCUT2D eigenvalue weighted by Crippen LogP contribution is -2.64. The van der Waals surface area contributed by atoms with Crippen LogP contribution in [0.15, 0.2) is 15.8 Å². The summed E-state index contributed by atoms with van der Waals surface area (Å²) in [6, 6.07) is 0. The summed E-state index contributed by atoms with van der Waals surface area (Å²) in [4.78, 5) is 19.5. The van der Waals surface area contributed by atoms with Gasteiger partial charge in [-0.25, -0.2) is 0 Å². The zero-order valence-electron chi connectivity index (χ0n) is 9.16. The molecule has 0 rings (SSSR count). The second-order valence-electron chi connectivity index (χ2n) is 3.23. The number of rotatable bonds is 6. The van der Waals surface area contributed by atoms with E-state index in [4.69, 9.17) is 5.21 Å². The van der Waals surface area contributed by atoms with Gasteiger partial charge in [-0.15, -0.1) is 4.91 Å². The average Bonchev–Trinajstić information content (AvgIpc) is 2.37. The lowest BCUT2D eigenvalue weighted by molar-refractivity contribution is -0.850. The summed E-state index contributed by atoms with van der Waals surface area (Å²) in [5.41, 5.74) is 0. The second-order valence-corrected chi connectivity index (χ2v) is 3.23. The summed E-state index contributed by atoms with van der Waals surface area (Å²) in [7, 11) is 0. The minimum absolute atomic E-state index is 1.00. The number of ketones is 1. The molecule has 0 bridgehead atoms. The first-order chi connectivity index (χ1) is 8.30. The van der Waals surface area contributed by atoms with Crippen molar-refractivity contribution in [2.24, 2.45) is 21.8 Å². The van der Waals surface area contributed by atoms with E-state index in [-0.39, 0.29) is 0 Å². The van der Waals surface area contributed by atoms with Gasteiger partial charge in [0.2, 0.25) is 0 Å². The summed E-state index contributed by atoms with van der Waals surface area (Å²) >= 11 is 0. The van der Waals surface area contributed by atoms with Gasteiger partial charge in [0.25, 0.3) is 0 Å². The van der Waals surface area contributed by atoms with E-state index in [1.165, 1.54) is 0 Å². The van der Waals surface area contributed by atoms with E-state index in [1.807, 2.05) is 0 Å². The zero-order valence-corrected chi connectivity index (χ0v) is 9.16. The Kier molecular flexibility index (Phi) is 4.86. The zero-order chi connectivity index (χ0) is 14.5. The standard InChI is InChI=1S/C5H10N6O7/c1-3(2)4(12)5(9(16)6-13,10(17)7-14)11(18)8-15/h3,13-14,18H,1-2H3/p-2/b9-6-,10-7-. The van der Waals surface area contributed by atoms with E-state index < -0.39 is 32.4 Å². The molecule has 0 aliphatic carbocycles. The van der Waals surface area contributed by atoms with Crippen molar-refractivity contribution in [3.05, 3.63) is 25.7 Å². The van der Waals surface area contributed by atoms with Crippen molar-refractivity contribution in [1.82, 2.24) is 5.17 Å². The third-order valence-corrected chi connectivity index (χ3v) is 1.89. The maximum atomic E-state index is 11.7. The Morgan fingerprint density at radius 1 is 1.28 bits per heavy atom. The molecule has 13 nitrogen and oxygen atoms in total. The monoisotopic (exact) mass is 264 g/mol. The Morgan fingerprint density at radius 3 is 1.89 bits per heavy atom. The molecule has 0 unspecified atom stereocenters. The van der Waals surface area contributed by atoms with Crippen molar-refractivity contribution in [2.75, 3.05) is 0 Å². The maximum Gasteiger partial charge on any atom is 0.606 e. The number of Topliss-reactive ketones (excluding diaryl/α,β-unsaturated/α-hetero) is 1. The predicted molar refractivity (Wildman–Crippen MR) is 50.8 cm³/mol. The van der Waals surface area contributed by atoms with Crippen LogP contribution < -0.4 is 0 Å². The quantitative estimate of drug-likeness (QED) is 0.230. The van der Waals surface area contributed by atoms with Gasteiger partial charge in [-0.1, -0.05) is 13.8 Å². The van der Waals surface area contributed by atoms with Crippen LogP contribution in [0.3, 0.4) is 0 Å². The molecule has 0 spiro atoms. The molecule has 1 N–H and O–H groups in total. The number of nitroso groups, excluding NO2 is 1. The molecule has 0 aliphatic rings. The molecule has 0 aromatic rings. The number of hydrogen-bond acceptors (Lipinski definition) is 10. The van der Waals surface area contributed by atoms with Crippen LogP contribution in [-0.2, 0) is 4.79 Å². The summed E-state index contributed by atoms with van der Waals surface area (Å²) in [6.07, 6.45) is 0. The highest BCUT2D eigenvalue weighted by Gasteiger charge is 2.67. The molecule has 0 aromatic heterocycles. The van der Waals surface area contributed by atoms with E-state index in [0.717, 1.165) is 13.8 Å². The van der Waals surface area contributed by atoms with Crippen molar-refractivity contribution in [2.45, 2.75) is 19.6 Å². The summed E-state index contributed by atoms with van der Waals surface area (Å²) in [6.45, 7) is 2.32. The van der Waals surface area contributed by atoms with E-state index in [1.54, 1.807) is 15.8 Å². The molecule has 0 aliphatic heterocycles. The highest BCUT2D eigenvalue weighted by atomic mass is 16.7. The van der Waals surface area contributed by atoms with Crippen molar-refractivity contribution < 1.29 is 19.7 Å². The Labute approximate surface area is 98.8 Å². The van der Waals surface area contributed by atoms with Crippen LogP contribution in [0, 0.1) is 31.7 Å². The lowest BCUT2D eigenvalue weighted by Gasteiger charge is -2.26. The molecule has 0 heterocycles. The van der Waals surface area contributed by atoms with Gasteiger partial charge < -0.3 is 20.8 Å². The molecule has 0 saturated heterocycles. The smallest absolute Gasteiger partial charge is 0.606 e. The largest absolute Gasteiger partial charge is 0.739 e. The van der Waals surface area contributed by atoms with Gasteiger partial charge >= 0.3 is 11.6 Å². The SMILES string of the molecule is CC(C)C(=O)C(N(O)N=O)(/[N+]([O-])=N/[O-])/[N+]([O-])=N/[O-]. The number of carbonyl (C=O) groups excluding carboxylic acids is 1. The van der Waals surface area contributed by atoms with Crippen molar-refractivity contribution in [3.63, 3.8) is 0 Å². The van der Waals surface area contributed by atoms with Crippen LogP contribution in [0.1, 0.15) is 13.8 Å². The molecule has 0 amide bonds. The third-order valence-electron chi connectivity index (χ3n) is 1.89. The van der Waals surface area contributed by atoms with Gasteiger partial charge in [-0.05, 0) is 10.6 Å². The fourth-order valence-electron chi connectivity index (χ4n) is 1.07. The van der Waals surface area contributed by atoms with E-state index in [2.05, 4.69) is 0 Å². The molecular weight excluding hydrogens is 256 g/mol. The fraction of sp³-hybridized carbons (Fsp3) is 0.800. The fourth-order valence-corrected chi connectivity index (χ4v) is 1.07. The molecular formula is C5H8N6O7-2. The Hall–Kier alpha value is -2.57. The molecule has 18 heavy (non-hydrogen) atoms. The lowest BCUT2D eigenvalue weighted by atomic mass is 10.0. The second kappa shape index (κ2) is 5.67. The maximum absolute atomic E-state index is 11.7. The molecule has 0 radical (unpaired) electrons. The number of nitrogens with zero attached hydrogens (tertiary/aromatic N) is 6. The van der Waals surface area contributed by atoms with Gasteiger partial charge in [-0.2, -0.15) is 0 Å². The van der Waals surface area contributed by atoms with E-state index in [0.29, 0.717) is 0 Å². The molecule has 0 fully saturated rings. The molecule has 0 atom stereocenters. The first kappa shape index (κ1) is 15.4. The van der Waals surface area contributed by atoms with Gasteiger partial charge in [0, 0.05) is 20.8 Å². The number of hydrogen-bond donors (Lipinski definition) is 1. The van der Waals surface area contributed by atoms with Crippen LogP contribution in [0.4, 0.5) is 0 Å². The van der Waals surface area contributed by atoms with Crippen LogP contribution in [0.5, 0.6) is 0 Å². The number of carbonyl (C=O) groups is 1. The van der Waals surface area contributed by atoms with E-state index >= 15 is 0 Å². The van der Waals surface area contributed by atoms with Crippen LogP contribution in [0.2, 0.25) is 0 Å². The summed E-state index contributed by atoms with van der Waals surface area (Å²) < 4.78 is 0. The van der Waals surface area contributed by atoms with Gasteiger partial charge in [-0.3, -0.25) is 10.0 Å². The van der Waals surface area contributed by atoms with Gasteiger partial charge in [0.1, 0.15) is 0 Å². The van der Waals surface area contributed by atoms with Crippen LogP contribution in [-0.4, -0.2) is 31.7 Å². The molecule has 102 valence electrons. The van der Waals surface area contributed by atoms with Gasteiger partial charge in [0.05, 0.1) is 5.29 Å². The topological polar surface area (TPSA) is 193 Å².